The fourth-order valence-corrected chi connectivity index (χ4v) is 2.95. The van der Waals surface area contributed by atoms with Crippen LogP contribution >= 0.6 is 0 Å². The molecular formula is C17H13FN4O2. The lowest BCUT2D eigenvalue weighted by Gasteiger charge is -2.16. The number of rotatable bonds is 2. The number of fused-ring (bicyclic) bond motifs is 1. The molecular weight excluding hydrogens is 311 g/mol. The third-order valence-corrected chi connectivity index (χ3v) is 4.17. The van der Waals surface area contributed by atoms with Gasteiger partial charge in [-0.15, -0.1) is 5.10 Å². The Balaban J connectivity index is 1.60. The van der Waals surface area contributed by atoms with Gasteiger partial charge < -0.3 is 4.90 Å². The number of halogens is 1. The first-order valence-electron chi connectivity index (χ1n) is 7.54. The summed E-state index contributed by atoms with van der Waals surface area (Å²) in [6, 6.07) is 12.8. The highest BCUT2D eigenvalue weighted by Gasteiger charge is 2.36. The molecule has 24 heavy (non-hydrogen) atoms. The molecule has 1 aromatic heterocycles. The van der Waals surface area contributed by atoms with Crippen LogP contribution in [0.3, 0.4) is 0 Å². The number of hydrogen-bond acceptors (Lipinski definition) is 4. The number of para-hydroxylation sites is 1. The third-order valence-electron chi connectivity index (χ3n) is 4.17. The van der Waals surface area contributed by atoms with E-state index in [2.05, 4.69) is 10.3 Å². The lowest BCUT2D eigenvalue weighted by atomic mass is 10.1. The van der Waals surface area contributed by atoms with Crippen LogP contribution in [0.25, 0.3) is 11.0 Å². The summed E-state index contributed by atoms with van der Waals surface area (Å²) in [5, 5.41) is 7.88. The van der Waals surface area contributed by atoms with Gasteiger partial charge in [0.15, 0.2) is 0 Å². The molecule has 1 unspecified atom stereocenters. The highest BCUT2D eigenvalue weighted by molar-refractivity contribution is 6.01. The lowest BCUT2D eigenvalue weighted by Crippen LogP contribution is -2.28. The molecule has 1 fully saturated rings. The number of anilines is 1. The number of carbonyl (C=O) groups excluding carboxylic acids is 2. The summed E-state index contributed by atoms with van der Waals surface area (Å²) in [5.41, 5.74) is 1.83. The fraction of sp³-hybridized carbons (Fsp3) is 0.176. The Hall–Kier alpha value is -3.09. The average Bonchev–Trinajstić information content (AvgIpc) is 3.19. The van der Waals surface area contributed by atoms with Crippen molar-refractivity contribution in [1.29, 1.82) is 0 Å². The monoisotopic (exact) mass is 324 g/mol. The van der Waals surface area contributed by atoms with E-state index in [1.54, 1.807) is 18.2 Å². The summed E-state index contributed by atoms with van der Waals surface area (Å²) < 4.78 is 14.3. The van der Waals surface area contributed by atoms with E-state index in [9.17, 15) is 14.0 Å². The second-order valence-corrected chi connectivity index (χ2v) is 5.71. The van der Waals surface area contributed by atoms with Gasteiger partial charge in [-0.25, -0.2) is 4.39 Å². The van der Waals surface area contributed by atoms with Crippen LogP contribution in [-0.4, -0.2) is 33.4 Å². The van der Waals surface area contributed by atoms with Crippen LogP contribution in [0.4, 0.5) is 10.1 Å². The van der Waals surface area contributed by atoms with E-state index in [-0.39, 0.29) is 30.6 Å². The van der Waals surface area contributed by atoms with Gasteiger partial charge in [-0.3, -0.25) is 9.59 Å². The summed E-state index contributed by atoms with van der Waals surface area (Å²) in [6.07, 6.45) is 0.102. The van der Waals surface area contributed by atoms with Gasteiger partial charge in [-0.1, -0.05) is 17.3 Å². The van der Waals surface area contributed by atoms with Crippen molar-refractivity contribution in [3.63, 3.8) is 0 Å². The topological polar surface area (TPSA) is 68.1 Å². The van der Waals surface area contributed by atoms with E-state index in [4.69, 9.17) is 0 Å². The Bertz CT molecular complexity index is 935. The number of aromatic nitrogens is 3. The van der Waals surface area contributed by atoms with Crippen LogP contribution in [0, 0.1) is 11.7 Å². The van der Waals surface area contributed by atoms with Crippen molar-refractivity contribution < 1.29 is 14.0 Å². The van der Waals surface area contributed by atoms with Gasteiger partial charge in [0, 0.05) is 18.7 Å². The van der Waals surface area contributed by atoms with E-state index in [0.29, 0.717) is 16.7 Å². The van der Waals surface area contributed by atoms with Crippen LogP contribution in [0.2, 0.25) is 0 Å². The van der Waals surface area contributed by atoms with Crippen molar-refractivity contribution in [2.24, 2.45) is 5.92 Å². The molecule has 2 aromatic carbocycles. The highest BCUT2D eigenvalue weighted by Crippen LogP contribution is 2.26. The van der Waals surface area contributed by atoms with Crippen molar-refractivity contribution in [1.82, 2.24) is 15.0 Å². The van der Waals surface area contributed by atoms with Gasteiger partial charge in [0.2, 0.25) is 5.91 Å². The molecule has 1 aliphatic rings. The standard InChI is InChI=1S/C17H13FN4O2/c18-12-5-7-13(8-6-12)21-10-11(9-16(21)23)17(24)22-15-4-2-1-3-14(15)19-20-22/h1-8,11H,9-10H2. The number of hydrogen-bond donors (Lipinski definition) is 0. The zero-order chi connectivity index (χ0) is 16.7. The average molecular weight is 324 g/mol. The smallest absolute Gasteiger partial charge is 0.254 e. The molecule has 1 atom stereocenters. The minimum Gasteiger partial charge on any atom is -0.312 e. The highest BCUT2D eigenvalue weighted by atomic mass is 19.1. The van der Waals surface area contributed by atoms with Crippen LogP contribution < -0.4 is 4.90 Å². The van der Waals surface area contributed by atoms with Gasteiger partial charge in [0.25, 0.3) is 5.91 Å². The maximum absolute atomic E-state index is 13.0. The molecule has 0 bridgehead atoms. The molecule has 7 heteroatoms. The van der Waals surface area contributed by atoms with Crippen molar-refractivity contribution in [2.45, 2.75) is 6.42 Å². The summed E-state index contributed by atoms with van der Waals surface area (Å²) in [5.74, 6) is -1.30. The molecule has 0 N–H and O–H groups in total. The van der Waals surface area contributed by atoms with Gasteiger partial charge in [-0.2, -0.15) is 4.68 Å². The molecule has 1 saturated heterocycles. The zero-order valence-corrected chi connectivity index (χ0v) is 12.6. The summed E-state index contributed by atoms with van der Waals surface area (Å²) in [7, 11) is 0. The summed E-state index contributed by atoms with van der Waals surface area (Å²) in [6.45, 7) is 0.248. The second-order valence-electron chi connectivity index (χ2n) is 5.71. The second kappa shape index (κ2) is 5.52. The van der Waals surface area contributed by atoms with E-state index in [1.807, 2.05) is 6.07 Å². The summed E-state index contributed by atoms with van der Waals surface area (Å²) >= 11 is 0. The minimum absolute atomic E-state index is 0.102. The van der Waals surface area contributed by atoms with Crippen molar-refractivity contribution in [2.75, 3.05) is 11.4 Å². The van der Waals surface area contributed by atoms with Crippen molar-refractivity contribution in [3.8, 4) is 0 Å². The predicted octanol–water partition coefficient (Wildman–Crippen LogP) is 2.26. The molecule has 0 saturated carbocycles. The Kier molecular flexibility index (Phi) is 3.34. The van der Waals surface area contributed by atoms with E-state index >= 15 is 0 Å². The van der Waals surface area contributed by atoms with Crippen LogP contribution in [0.5, 0.6) is 0 Å². The molecule has 3 aromatic rings. The Labute approximate surface area is 136 Å². The summed E-state index contributed by atoms with van der Waals surface area (Å²) in [4.78, 5) is 26.5. The molecule has 120 valence electrons. The van der Waals surface area contributed by atoms with Gasteiger partial charge >= 0.3 is 0 Å². The van der Waals surface area contributed by atoms with Crippen LogP contribution in [0.1, 0.15) is 11.2 Å². The molecule has 0 radical (unpaired) electrons. The number of benzene rings is 2. The largest absolute Gasteiger partial charge is 0.312 e. The van der Waals surface area contributed by atoms with Crippen LogP contribution in [-0.2, 0) is 4.79 Å². The number of carbonyl (C=O) groups is 2. The molecule has 4 rings (SSSR count). The SMILES string of the molecule is O=C1CC(C(=O)n2nnc3ccccc32)CN1c1ccc(F)cc1. The lowest BCUT2D eigenvalue weighted by molar-refractivity contribution is -0.117. The van der Waals surface area contributed by atoms with E-state index in [1.165, 1.54) is 33.8 Å². The molecule has 6 nitrogen and oxygen atoms in total. The first-order valence-corrected chi connectivity index (χ1v) is 7.54. The van der Waals surface area contributed by atoms with Crippen molar-refractivity contribution in [3.05, 3.63) is 54.3 Å². The fourth-order valence-electron chi connectivity index (χ4n) is 2.95. The minimum atomic E-state index is -0.507. The normalized spacial score (nSPS) is 17.6. The molecule has 1 aliphatic heterocycles. The zero-order valence-electron chi connectivity index (χ0n) is 12.6. The Morgan fingerprint density at radius 2 is 1.88 bits per heavy atom. The Morgan fingerprint density at radius 3 is 2.67 bits per heavy atom. The van der Waals surface area contributed by atoms with Crippen LogP contribution in [0.15, 0.2) is 48.5 Å². The van der Waals surface area contributed by atoms with Gasteiger partial charge in [-0.05, 0) is 36.4 Å². The van der Waals surface area contributed by atoms with E-state index < -0.39 is 5.92 Å². The van der Waals surface area contributed by atoms with E-state index in [0.717, 1.165) is 0 Å². The first-order chi connectivity index (χ1) is 11.6. The Morgan fingerprint density at radius 1 is 1.12 bits per heavy atom. The molecule has 2 heterocycles. The number of nitrogens with zero attached hydrogens (tertiary/aromatic N) is 4. The third kappa shape index (κ3) is 2.34. The maximum Gasteiger partial charge on any atom is 0.254 e. The molecule has 0 spiro atoms. The van der Waals surface area contributed by atoms with Crippen molar-refractivity contribution >= 4 is 28.5 Å². The molecule has 0 aliphatic carbocycles. The first kappa shape index (κ1) is 14.5. The molecule has 1 amide bonds. The predicted molar refractivity (Wildman–Crippen MR) is 85.0 cm³/mol. The van der Waals surface area contributed by atoms with Gasteiger partial charge in [0.05, 0.1) is 11.4 Å². The van der Waals surface area contributed by atoms with Gasteiger partial charge in [0.1, 0.15) is 11.3 Å². The quantitative estimate of drug-likeness (QED) is 0.725. The maximum atomic E-state index is 13.0. The number of amides is 1.